The molecule has 0 saturated heterocycles. The number of Topliss-reactive ketones (excluding diaryl/α,β-unsaturated/α-hetero) is 1. The molecule has 214 valence electrons. The Kier molecular flexibility index (Phi) is 9.77. The number of esters is 1. The second kappa shape index (κ2) is 13.4. The highest BCUT2D eigenvalue weighted by Gasteiger charge is 2.23. The number of anilines is 1. The third kappa shape index (κ3) is 6.43. The van der Waals surface area contributed by atoms with Gasteiger partial charge < -0.3 is 14.1 Å². The predicted octanol–water partition coefficient (Wildman–Crippen LogP) is 6.95. The van der Waals surface area contributed by atoms with Gasteiger partial charge >= 0.3 is 5.97 Å². The lowest BCUT2D eigenvalue weighted by atomic mass is 9.90. The van der Waals surface area contributed by atoms with Gasteiger partial charge in [-0.3, -0.25) is 4.79 Å². The van der Waals surface area contributed by atoms with Crippen molar-refractivity contribution < 1.29 is 18.7 Å². The first-order valence-corrected chi connectivity index (χ1v) is 14.6. The minimum atomic E-state index is -0.412. The molecule has 4 rings (SSSR count). The molecule has 2 aliphatic rings. The highest BCUT2D eigenvalue weighted by atomic mass is 16.5. The maximum absolute atomic E-state index is 13.4. The van der Waals surface area contributed by atoms with E-state index in [1.54, 1.807) is 13.0 Å². The van der Waals surface area contributed by atoms with Gasteiger partial charge in [-0.25, -0.2) is 9.37 Å². The van der Waals surface area contributed by atoms with Crippen molar-refractivity contribution in [2.24, 2.45) is 0 Å². The fourth-order valence-electron chi connectivity index (χ4n) is 5.30. The van der Waals surface area contributed by atoms with Crippen molar-refractivity contribution in [2.45, 2.75) is 47.5 Å². The van der Waals surface area contributed by atoms with E-state index in [1.807, 2.05) is 18.2 Å². The fraction of sp³-hybridized carbons (Fsp3) is 0.343. The van der Waals surface area contributed by atoms with E-state index in [2.05, 4.69) is 80.1 Å². The quantitative estimate of drug-likeness (QED) is 0.0625. The molecule has 1 aliphatic carbocycles. The average Bonchev–Trinajstić information content (AvgIpc) is 2.99. The van der Waals surface area contributed by atoms with Gasteiger partial charge in [-0.15, -0.1) is 0 Å². The summed E-state index contributed by atoms with van der Waals surface area (Å²) in [5.74, 6) is 0.334. The highest BCUT2D eigenvalue weighted by Crippen LogP contribution is 2.42. The predicted molar refractivity (Wildman–Crippen MR) is 168 cm³/mol. The summed E-state index contributed by atoms with van der Waals surface area (Å²) in [5.41, 5.74) is 5.49. The van der Waals surface area contributed by atoms with Crippen LogP contribution in [0.5, 0.6) is 0 Å². The molecule has 0 N–H and O–H groups in total. The normalized spacial score (nSPS) is 11.0. The molecule has 1 aliphatic heterocycles. The number of allylic oxidation sites excluding steroid dienone is 1. The smallest absolute Gasteiger partial charge is 0.338 e. The van der Waals surface area contributed by atoms with Crippen molar-refractivity contribution in [3.63, 3.8) is 0 Å². The Labute approximate surface area is 242 Å². The first-order chi connectivity index (χ1) is 19.8. The number of ether oxygens (including phenoxy) is 1. The Hall–Kier alpha value is -4.19. The monoisotopic (exact) mass is 553 g/mol. The maximum atomic E-state index is 13.4. The lowest BCUT2D eigenvalue weighted by molar-refractivity contribution is -0.115. The fourth-order valence-corrected chi connectivity index (χ4v) is 5.30. The maximum Gasteiger partial charge on any atom is 0.338 e. The average molecular weight is 554 g/mol. The Morgan fingerprint density at radius 2 is 1.66 bits per heavy atom. The third-order valence-corrected chi connectivity index (χ3v) is 7.62. The molecule has 0 atom stereocenters. The highest BCUT2D eigenvalue weighted by molar-refractivity contribution is 6.08. The summed E-state index contributed by atoms with van der Waals surface area (Å²) in [7, 11) is 0. The third-order valence-electron chi connectivity index (χ3n) is 7.62. The van der Waals surface area contributed by atoms with Crippen LogP contribution >= 0.6 is 0 Å². The van der Waals surface area contributed by atoms with E-state index in [1.165, 1.54) is 0 Å². The van der Waals surface area contributed by atoms with Crippen LogP contribution in [0.25, 0.3) is 33.4 Å². The summed E-state index contributed by atoms with van der Waals surface area (Å²) < 4.78 is 14.5. The van der Waals surface area contributed by atoms with Crippen molar-refractivity contribution in [1.29, 1.82) is 0 Å². The van der Waals surface area contributed by atoms with E-state index < -0.39 is 5.97 Å². The molecule has 6 nitrogen and oxygen atoms in total. The molecule has 0 fully saturated rings. The Balaban J connectivity index is 1.88. The van der Waals surface area contributed by atoms with Gasteiger partial charge in [-0.1, -0.05) is 24.8 Å². The Morgan fingerprint density at radius 3 is 2.34 bits per heavy atom. The number of carbonyl (C=O) groups excluding carboxylic acids is 2. The van der Waals surface area contributed by atoms with E-state index in [-0.39, 0.29) is 12.4 Å². The van der Waals surface area contributed by atoms with Crippen LogP contribution in [0.4, 0.5) is 5.69 Å². The van der Waals surface area contributed by atoms with E-state index in [9.17, 15) is 9.59 Å². The molecule has 0 bridgehead atoms. The van der Waals surface area contributed by atoms with Crippen LogP contribution in [0.15, 0.2) is 77.2 Å². The summed E-state index contributed by atoms with van der Waals surface area (Å²) in [5, 5.41) is 2.02. The van der Waals surface area contributed by atoms with Gasteiger partial charge in [-0.05, 0) is 76.4 Å². The number of fused-ring (bicyclic) bond motifs is 2. The summed E-state index contributed by atoms with van der Waals surface area (Å²) in [4.78, 5) is 27.6. The summed E-state index contributed by atoms with van der Waals surface area (Å²) >= 11 is 0. The number of benzene rings is 3. The number of carbonyl (C=O) groups is 2. The molecule has 1 heterocycles. The Morgan fingerprint density at radius 1 is 0.927 bits per heavy atom. The summed E-state index contributed by atoms with van der Waals surface area (Å²) in [6, 6.07) is 20.1. The molecular formula is C35H41N2O4+. The van der Waals surface area contributed by atoms with E-state index in [0.717, 1.165) is 70.6 Å². The number of nitrogens with zero attached hydrogens (tertiary/aromatic N) is 2. The van der Waals surface area contributed by atoms with Gasteiger partial charge in [-0.2, -0.15) is 0 Å². The molecule has 0 amide bonds. The van der Waals surface area contributed by atoms with Crippen LogP contribution in [0, 0.1) is 0 Å². The van der Waals surface area contributed by atoms with Gasteiger partial charge in [0.1, 0.15) is 24.4 Å². The molecule has 0 radical (unpaired) electrons. The van der Waals surface area contributed by atoms with Gasteiger partial charge in [0.25, 0.3) is 0 Å². The van der Waals surface area contributed by atoms with E-state index in [4.69, 9.17) is 9.15 Å². The zero-order chi connectivity index (χ0) is 29.5. The standard InChI is InChI=1S/C35H41N2O4/c1-7-36(8-2)25-17-19-29-32(22-25)41-33-23-26(37(9-3)10-4)18-20-30(33)34(29)27-14-11-12-15-28(27)35(39)40-21-13-16-31(38)24(5)6/h11-12,14-15,17-20,22-23H,5,7-10,13,16,21H2,1-4,6H3/q+1. The molecule has 6 heteroatoms. The Bertz CT molecular complexity index is 1600. The van der Waals surface area contributed by atoms with Crippen molar-refractivity contribution in [1.82, 2.24) is 4.58 Å². The van der Waals surface area contributed by atoms with E-state index >= 15 is 0 Å². The second-order valence-electron chi connectivity index (χ2n) is 10.2. The van der Waals surface area contributed by atoms with Crippen molar-refractivity contribution in [3.8, 4) is 22.5 Å². The van der Waals surface area contributed by atoms with Crippen molar-refractivity contribution >= 4 is 28.4 Å². The van der Waals surface area contributed by atoms with Crippen LogP contribution in [0.2, 0.25) is 0 Å². The van der Waals surface area contributed by atoms with Gasteiger partial charge in [0.2, 0.25) is 5.36 Å². The molecule has 41 heavy (non-hydrogen) atoms. The van der Waals surface area contributed by atoms with Crippen LogP contribution in [-0.2, 0) is 9.53 Å². The second-order valence-corrected chi connectivity index (χ2v) is 10.2. The van der Waals surface area contributed by atoms with E-state index in [0.29, 0.717) is 24.0 Å². The first-order valence-electron chi connectivity index (χ1n) is 14.6. The van der Waals surface area contributed by atoms with Gasteiger partial charge in [0.15, 0.2) is 5.78 Å². The number of hydrogen-bond donors (Lipinski definition) is 0. The minimum Gasteiger partial charge on any atom is -0.462 e. The molecule has 2 aromatic carbocycles. The lowest BCUT2D eigenvalue weighted by Crippen LogP contribution is -2.29. The van der Waals surface area contributed by atoms with Crippen LogP contribution < -0.4 is 14.8 Å². The topological polar surface area (TPSA) is 62.8 Å². The largest absolute Gasteiger partial charge is 0.462 e. The van der Waals surface area contributed by atoms with Crippen molar-refractivity contribution in [3.05, 3.63) is 83.7 Å². The number of rotatable bonds is 12. The molecule has 0 unspecified atom stereocenters. The lowest BCUT2D eigenvalue weighted by Gasteiger charge is -2.22. The number of ketones is 1. The SMILES string of the molecule is C=C(C)C(=O)CCCOC(=O)c1ccccc1-c1c2ccc(=[N+](CC)CC)cc-2oc2cc(N(CC)CC)ccc12. The summed E-state index contributed by atoms with van der Waals surface area (Å²) in [6.07, 6.45) is 0.765. The molecule has 0 spiro atoms. The molecule has 0 saturated carbocycles. The van der Waals surface area contributed by atoms with Crippen LogP contribution in [0.1, 0.15) is 57.8 Å². The van der Waals surface area contributed by atoms with Gasteiger partial charge in [0.05, 0.1) is 18.2 Å². The molecule has 2 aromatic rings. The van der Waals surface area contributed by atoms with Crippen LogP contribution in [0.3, 0.4) is 0 Å². The number of hydrogen-bond acceptors (Lipinski definition) is 5. The minimum absolute atomic E-state index is 0.0133. The zero-order valence-electron chi connectivity index (χ0n) is 25.0. The summed E-state index contributed by atoms with van der Waals surface area (Å²) in [6.45, 7) is 17.7. The molecule has 0 aromatic heterocycles. The zero-order valence-corrected chi connectivity index (χ0v) is 25.0. The first kappa shape index (κ1) is 29.8. The van der Waals surface area contributed by atoms with Crippen molar-refractivity contribution in [2.75, 3.05) is 37.7 Å². The van der Waals surface area contributed by atoms with Crippen LogP contribution in [-0.4, -0.2) is 44.5 Å². The van der Waals surface area contributed by atoms with Gasteiger partial charge in [0, 0.05) is 53.8 Å². The molecular weight excluding hydrogens is 512 g/mol.